The molecule has 2 aromatic carbocycles. The second kappa shape index (κ2) is 5.41. The number of carboxylic acid groups (broad SMARTS) is 1. The zero-order valence-corrected chi connectivity index (χ0v) is 12.1. The summed E-state index contributed by atoms with van der Waals surface area (Å²) in [6.07, 6.45) is 0.856. The van der Waals surface area contributed by atoms with E-state index < -0.39 is 11.4 Å². The maximum Gasteiger partial charge on any atom is 0.314 e. The van der Waals surface area contributed by atoms with Crippen LogP contribution in [0, 0.1) is 0 Å². The molecule has 0 radical (unpaired) electrons. The van der Waals surface area contributed by atoms with Crippen molar-refractivity contribution in [3.8, 4) is 5.75 Å². The summed E-state index contributed by atoms with van der Waals surface area (Å²) in [7, 11) is 0. The third kappa shape index (κ3) is 2.49. The molecule has 0 aliphatic carbocycles. The van der Waals surface area contributed by atoms with Crippen molar-refractivity contribution in [2.75, 3.05) is 6.61 Å². The summed E-state index contributed by atoms with van der Waals surface area (Å²) in [5.41, 5.74) is 0.699. The Kier molecular flexibility index (Phi) is 3.60. The normalized spacial score (nSPS) is 20.4. The molecule has 1 aliphatic rings. The van der Waals surface area contributed by atoms with Crippen LogP contribution in [0.5, 0.6) is 5.75 Å². The molecule has 1 aliphatic heterocycles. The van der Waals surface area contributed by atoms with Gasteiger partial charge < -0.3 is 9.84 Å². The first-order valence-corrected chi connectivity index (χ1v) is 7.20. The van der Waals surface area contributed by atoms with E-state index in [2.05, 4.69) is 0 Å². The van der Waals surface area contributed by atoms with Crippen molar-refractivity contribution in [1.29, 1.82) is 0 Å². The minimum absolute atomic E-state index is 0.406. The number of aliphatic carboxylic acids is 1. The number of ether oxygens (including phenoxy) is 1. The number of hydrogen-bond acceptors (Lipinski definition) is 2. The quantitative estimate of drug-likeness (QED) is 0.940. The lowest BCUT2D eigenvalue weighted by Crippen LogP contribution is -2.42. The van der Waals surface area contributed by atoms with Gasteiger partial charge in [-0.2, -0.15) is 0 Å². The molecule has 0 amide bonds. The molecule has 1 unspecified atom stereocenters. The summed E-state index contributed by atoms with van der Waals surface area (Å²) in [5, 5.41) is 10.5. The maximum atomic E-state index is 12.0. The average molecular weight is 303 g/mol. The first-order valence-electron chi connectivity index (χ1n) is 6.82. The average Bonchev–Trinajstić information content (AvgIpc) is 2.47. The number of para-hydroxylation sites is 1. The lowest BCUT2D eigenvalue weighted by molar-refractivity contribution is -0.145. The van der Waals surface area contributed by atoms with Crippen molar-refractivity contribution < 1.29 is 14.6 Å². The Morgan fingerprint density at radius 3 is 2.81 bits per heavy atom. The smallest absolute Gasteiger partial charge is 0.314 e. The summed E-state index contributed by atoms with van der Waals surface area (Å²) in [5.74, 6) is -0.161. The molecular weight excluding hydrogens is 288 g/mol. The van der Waals surface area contributed by atoms with Crippen molar-refractivity contribution in [2.45, 2.75) is 18.3 Å². The molecule has 3 nitrogen and oxygen atoms in total. The topological polar surface area (TPSA) is 46.5 Å². The van der Waals surface area contributed by atoms with Gasteiger partial charge in [0.05, 0.1) is 6.61 Å². The lowest BCUT2D eigenvalue weighted by Gasteiger charge is -2.35. The second-order valence-electron chi connectivity index (χ2n) is 5.29. The molecule has 0 aromatic heterocycles. The number of hydrogen-bond donors (Lipinski definition) is 1. The van der Waals surface area contributed by atoms with Gasteiger partial charge in [0, 0.05) is 17.0 Å². The van der Waals surface area contributed by atoms with Gasteiger partial charge in [-0.15, -0.1) is 0 Å². The van der Waals surface area contributed by atoms with E-state index in [0.29, 0.717) is 30.2 Å². The highest BCUT2D eigenvalue weighted by Gasteiger charge is 2.44. The van der Waals surface area contributed by atoms with Crippen LogP contribution in [-0.4, -0.2) is 17.7 Å². The molecule has 0 saturated heterocycles. The molecule has 0 fully saturated rings. The SMILES string of the molecule is O=C(O)C1(Cc2cccc(Cl)c2)CCOc2ccccc21. The largest absolute Gasteiger partial charge is 0.493 e. The van der Waals surface area contributed by atoms with Gasteiger partial charge in [-0.3, -0.25) is 4.79 Å². The molecule has 1 N–H and O–H groups in total. The van der Waals surface area contributed by atoms with Crippen LogP contribution in [0.1, 0.15) is 17.5 Å². The van der Waals surface area contributed by atoms with E-state index in [0.717, 1.165) is 11.1 Å². The third-order valence-corrected chi connectivity index (χ3v) is 4.23. The molecular formula is C17H15ClO3. The van der Waals surface area contributed by atoms with Crippen LogP contribution in [-0.2, 0) is 16.6 Å². The van der Waals surface area contributed by atoms with E-state index in [1.807, 2.05) is 42.5 Å². The van der Waals surface area contributed by atoms with Crippen LogP contribution < -0.4 is 4.74 Å². The van der Waals surface area contributed by atoms with Gasteiger partial charge in [0.2, 0.25) is 0 Å². The highest BCUT2D eigenvalue weighted by molar-refractivity contribution is 6.30. The van der Waals surface area contributed by atoms with Crippen LogP contribution in [0.4, 0.5) is 0 Å². The Labute approximate surface area is 128 Å². The van der Waals surface area contributed by atoms with E-state index in [9.17, 15) is 9.90 Å². The van der Waals surface area contributed by atoms with E-state index in [1.165, 1.54) is 0 Å². The Balaban J connectivity index is 2.08. The first-order chi connectivity index (χ1) is 10.1. The molecule has 1 heterocycles. The van der Waals surface area contributed by atoms with Gasteiger partial charge in [0.15, 0.2) is 0 Å². The van der Waals surface area contributed by atoms with Gasteiger partial charge in [0.25, 0.3) is 0 Å². The molecule has 21 heavy (non-hydrogen) atoms. The van der Waals surface area contributed by atoms with Crippen molar-refractivity contribution >= 4 is 17.6 Å². The Bertz CT molecular complexity index is 683. The zero-order chi connectivity index (χ0) is 14.9. The van der Waals surface area contributed by atoms with Crippen molar-refractivity contribution in [2.24, 2.45) is 0 Å². The molecule has 0 saturated carbocycles. The van der Waals surface area contributed by atoms with Gasteiger partial charge >= 0.3 is 5.97 Å². The number of carbonyl (C=O) groups is 1. The monoisotopic (exact) mass is 302 g/mol. The first kappa shape index (κ1) is 14.0. The highest BCUT2D eigenvalue weighted by atomic mass is 35.5. The van der Waals surface area contributed by atoms with Gasteiger partial charge in [-0.05, 0) is 30.2 Å². The third-order valence-electron chi connectivity index (χ3n) is 3.99. The maximum absolute atomic E-state index is 12.0. The Morgan fingerprint density at radius 2 is 2.05 bits per heavy atom. The second-order valence-corrected chi connectivity index (χ2v) is 5.73. The van der Waals surface area contributed by atoms with Crippen LogP contribution >= 0.6 is 11.6 Å². The molecule has 1 atom stereocenters. The minimum Gasteiger partial charge on any atom is -0.493 e. The number of benzene rings is 2. The Hall–Kier alpha value is -2.00. The van der Waals surface area contributed by atoms with Crippen molar-refractivity contribution in [3.63, 3.8) is 0 Å². The van der Waals surface area contributed by atoms with E-state index >= 15 is 0 Å². The minimum atomic E-state index is -0.959. The molecule has 2 aromatic rings. The summed E-state index contributed by atoms with van der Waals surface area (Å²) in [6.45, 7) is 0.407. The van der Waals surface area contributed by atoms with Crippen LogP contribution in [0.15, 0.2) is 48.5 Å². The van der Waals surface area contributed by atoms with E-state index in [-0.39, 0.29) is 0 Å². The van der Waals surface area contributed by atoms with E-state index in [4.69, 9.17) is 16.3 Å². The number of carboxylic acids is 1. The summed E-state index contributed by atoms with van der Waals surface area (Å²) in [4.78, 5) is 12.0. The van der Waals surface area contributed by atoms with Gasteiger partial charge in [-0.25, -0.2) is 0 Å². The lowest BCUT2D eigenvalue weighted by atomic mass is 9.72. The van der Waals surface area contributed by atoms with Gasteiger partial charge in [-0.1, -0.05) is 41.9 Å². The molecule has 3 rings (SSSR count). The van der Waals surface area contributed by atoms with Crippen molar-refractivity contribution in [3.05, 3.63) is 64.7 Å². The fourth-order valence-corrected chi connectivity index (χ4v) is 3.15. The summed E-state index contributed by atoms with van der Waals surface area (Å²) >= 11 is 6.02. The van der Waals surface area contributed by atoms with Crippen LogP contribution in [0.25, 0.3) is 0 Å². The van der Waals surface area contributed by atoms with Gasteiger partial charge in [0.1, 0.15) is 11.2 Å². The summed E-state index contributed by atoms with van der Waals surface area (Å²) < 4.78 is 5.60. The molecule has 0 bridgehead atoms. The molecule has 0 spiro atoms. The van der Waals surface area contributed by atoms with Crippen LogP contribution in [0.3, 0.4) is 0 Å². The highest BCUT2D eigenvalue weighted by Crippen LogP contribution is 2.41. The number of rotatable bonds is 3. The fourth-order valence-electron chi connectivity index (χ4n) is 2.93. The van der Waals surface area contributed by atoms with E-state index in [1.54, 1.807) is 6.07 Å². The fraction of sp³-hybridized carbons (Fsp3) is 0.235. The predicted molar refractivity (Wildman–Crippen MR) is 81.0 cm³/mol. The number of halogens is 1. The zero-order valence-electron chi connectivity index (χ0n) is 11.4. The molecule has 4 heteroatoms. The van der Waals surface area contributed by atoms with Crippen LogP contribution in [0.2, 0.25) is 5.02 Å². The van der Waals surface area contributed by atoms with Crippen molar-refractivity contribution in [1.82, 2.24) is 0 Å². The summed E-state index contributed by atoms with van der Waals surface area (Å²) in [6, 6.07) is 14.7. The standard InChI is InChI=1S/C17H15ClO3/c18-13-5-3-4-12(10-13)11-17(16(19)20)8-9-21-15-7-2-1-6-14(15)17/h1-7,10H,8-9,11H2,(H,19,20). The predicted octanol–water partition coefficient (Wildman–Crippen LogP) is 3.69. The Morgan fingerprint density at radius 1 is 1.24 bits per heavy atom. The number of fused-ring (bicyclic) bond motifs is 1. The molecule has 108 valence electrons.